The first-order chi connectivity index (χ1) is 7.45. The van der Waals surface area contributed by atoms with Crippen molar-refractivity contribution in [3.8, 4) is 5.75 Å². The lowest BCUT2D eigenvalue weighted by Crippen LogP contribution is -2.14. The van der Waals surface area contributed by atoms with Crippen LogP contribution < -0.4 is 9.88 Å². The van der Waals surface area contributed by atoms with Gasteiger partial charge in [0.1, 0.15) is 16.5 Å². The second-order valence-corrected chi connectivity index (χ2v) is 4.56. The van der Waals surface area contributed by atoms with Crippen LogP contribution in [0.4, 0.5) is 8.78 Å². The first-order valence-electron chi connectivity index (χ1n) is 4.46. The quantitative estimate of drug-likeness (QED) is 0.800. The molecule has 0 aromatic heterocycles. The van der Waals surface area contributed by atoms with Crippen LogP contribution >= 0.6 is 0 Å². The Morgan fingerprint density at radius 3 is 2.62 bits per heavy atom. The molecule has 0 radical (unpaired) electrons. The van der Waals surface area contributed by atoms with E-state index in [4.69, 9.17) is 9.88 Å². The SMILES string of the molecule is NS(=O)(=O)c1cc(F)ccc1OCCCF. The number of nitrogens with two attached hydrogens (primary N) is 1. The molecule has 1 rings (SSSR count). The summed E-state index contributed by atoms with van der Waals surface area (Å²) in [6, 6.07) is 2.95. The molecule has 0 aliphatic heterocycles. The molecule has 0 unspecified atom stereocenters. The summed E-state index contributed by atoms with van der Waals surface area (Å²) < 4.78 is 51.8. The monoisotopic (exact) mass is 251 g/mol. The van der Waals surface area contributed by atoms with Gasteiger partial charge in [0, 0.05) is 6.42 Å². The Morgan fingerprint density at radius 1 is 1.38 bits per heavy atom. The van der Waals surface area contributed by atoms with Crippen molar-refractivity contribution in [1.29, 1.82) is 0 Å². The highest BCUT2D eigenvalue weighted by Crippen LogP contribution is 2.23. The van der Waals surface area contributed by atoms with E-state index >= 15 is 0 Å². The third kappa shape index (κ3) is 3.42. The first kappa shape index (κ1) is 12.9. The second kappa shape index (κ2) is 5.22. The maximum absolute atomic E-state index is 12.8. The van der Waals surface area contributed by atoms with Crippen LogP contribution in [0.15, 0.2) is 23.1 Å². The molecule has 2 N–H and O–H groups in total. The van der Waals surface area contributed by atoms with Gasteiger partial charge in [0.15, 0.2) is 0 Å². The molecule has 0 aliphatic rings. The summed E-state index contributed by atoms with van der Waals surface area (Å²) in [7, 11) is -4.05. The van der Waals surface area contributed by atoms with Crippen molar-refractivity contribution in [3.05, 3.63) is 24.0 Å². The van der Waals surface area contributed by atoms with Gasteiger partial charge in [-0.25, -0.2) is 17.9 Å². The molecule has 0 spiro atoms. The highest BCUT2D eigenvalue weighted by molar-refractivity contribution is 7.89. The van der Waals surface area contributed by atoms with E-state index < -0.39 is 27.4 Å². The highest BCUT2D eigenvalue weighted by atomic mass is 32.2. The van der Waals surface area contributed by atoms with Gasteiger partial charge < -0.3 is 4.74 Å². The zero-order chi connectivity index (χ0) is 12.2. The van der Waals surface area contributed by atoms with Gasteiger partial charge in [0.25, 0.3) is 0 Å². The molecule has 16 heavy (non-hydrogen) atoms. The number of rotatable bonds is 5. The average molecular weight is 251 g/mol. The number of ether oxygens (including phenoxy) is 1. The van der Waals surface area contributed by atoms with Crippen LogP contribution in [0, 0.1) is 5.82 Å². The molecule has 7 heteroatoms. The Balaban J connectivity index is 2.99. The minimum atomic E-state index is -4.05. The summed E-state index contributed by atoms with van der Waals surface area (Å²) in [6.07, 6.45) is 0.126. The molecule has 4 nitrogen and oxygen atoms in total. The topological polar surface area (TPSA) is 69.4 Å². The lowest BCUT2D eigenvalue weighted by atomic mass is 10.3. The van der Waals surface area contributed by atoms with Gasteiger partial charge in [-0.1, -0.05) is 0 Å². The molecule has 90 valence electrons. The Hall–Kier alpha value is -1.21. The summed E-state index contributed by atoms with van der Waals surface area (Å²) in [5.74, 6) is -0.806. The van der Waals surface area contributed by atoms with Crippen LogP contribution in [-0.2, 0) is 10.0 Å². The molecular formula is C9H11F2NO3S. The van der Waals surface area contributed by atoms with Crippen molar-refractivity contribution in [2.45, 2.75) is 11.3 Å². The van der Waals surface area contributed by atoms with Crippen LogP contribution in [0.2, 0.25) is 0 Å². The largest absolute Gasteiger partial charge is 0.492 e. The summed E-state index contributed by atoms with van der Waals surface area (Å²) in [6.45, 7) is -0.573. The molecule has 0 bridgehead atoms. The van der Waals surface area contributed by atoms with E-state index in [1.54, 1.807) is 0 Å². The van der Waals surface area contributed by atoms with E-state index in [0.29, 0.717) is 0 Å². The summed E-state index contributed by atoms with van der Waals surface area (Å²) in [5, 5.41) is 4.88. The fraction of sp³-hybridized carbons (Fsp3) is 0.333. The van der Waals surface area contributed by atoms with Crippen molar-refractivity contribution >= 4 is 10.0 Å². The minimum Gasteiger partial charge on any atom is -0.492 e. The van der Waals surface area contributed by atoms with Gasteiger partial charge in [0.2, 0.25) is 10.0 Å². The van der Waals surface area contributed by atoms with Crippen LogP contribution in [-0.4, -0.2) is 21.7 Å². The van der Waals surface area contributed by atoms with E-state index in [0.717, 1.165) is 18.2 Å². The van der Waals surface area contributed by atoms with E-state index in [1.807, 2.05) is 0 Å². The van der Waals surface area contributed by atoms with E-state index in [2.05, 4.69) is 0 Å². The summed E-state index contributed by atoms with van der Waals surface area (Å²) in [4.78, 5) is -0.439. The van der Waals surface area contributed by atoms with Crippen molar-refractivity contribution in [2.75, 3.05) is 13.3 Å². The Labute approximate surface area is 92.1 Å². The number of halogens is 2. The maximum atomic E-state index is 12.8. The number of hydrogen-bond acceptors (Lipinski definition) is 3. The molecule has 0 heterocycles. The fourth-order valence-electron chi connectivity index (χ4n) is 1.06. The van der Waals surface area contributed by atoms with E-state index in [9.17, 15) is 17.2 Å². The van der Waals surface area contributed by atoms with Crippen LogP contribution in [0.25, 0.3) is 0 Å². The van der Waals surface area contributed by atoms with Crippen molar-refractivity contribution in [3.63, 3.8) is 0 Å². The summed E-state index contributed by atoms with van der Waals surface area (Å²) in [5.41, 5.74) is 0. The molecule has 1 aromatic carbocycles. The van der Waals surface area contributed by atoms with Gasteiger partial charge in [-0.15, -0.1) is 0 Å². The van der Waals surface area contributed by atoms with Gasteiger partial charge in [-0.3, -0.25) is 4.39 Å². The van der Waals surface area contributed by atoms with Crippen molar-refractivity contribution in [2.24, 2.45) is 5.14 Å². The highest BCUT2D eigenvalue weighted by Gasteiger charge is 2.16. The van der Waals surface area contributed by atoms with Crippen LogP contribution in [0.3, 0.4) is 0 Å². The first-order valence-corrected chi connectivity index (χ1v) is 6.01. The van der Waals surface area contributed by atoms with Crippen LogP contribution in [0.1, 0.15) is 6.42 Å². The molecule has 0 fully saturated rings. The predicted octanol–water partition coefficient (Wildman–Crippen LogP) is 1.21. The normalized spacial score (nSPS) is 11.4. The maximum Gasteiger partial charge on any atom is 0.241 e. The Bertz CT molecular complexity index is 462. The second-order valence-electron chi connectivity index (χ2n) is 3.03. The van der Waals surface area contributed by atoms with E-state index in [1.165, 1.54) is 0 Å². The molecule has 0 amide bonds. The van der Waals surface area contributed by atoms with Gasteiger partial charge in [-0.05, 0) is 18.2 Å². The number of sulfonamides is 1. The van der Waals surface area contributed by atoms with Crippen molar-refractivity contribution in [1.82, 2.24) is 0 Å². The van der Waals surface area contributed by atoms with Crippen LogP contribution in [0.5, 0.6) is 5.75 Å². The third-order valence-corrected chi connectivity index (χ3v) is 2.68. The average Bonchev–Trinajstić information content (AvgIpc) is 2.19. The van der Waals surface area contributed by atoms with E-state index in [-0.39, 0.29) is 18.8 Å². The third-order valence-electron chi connectivity index (χ3n) is 1.75. The number of primary sulfonamides is 1. The lowest BCUT2D eigenvalue weighted by molar-refractivity contribution is 0.283. The van der Waals surface area contributed by atoms with Gasteiger partial charge in [0.05, 0.1) is 13.3 Å². The zero-order valence-corrected chi connectivity index (χ0v) is 9.14. The smallest absolute Gasteiger partial charge is 0.241 e. The molecule has 0 saturated heterocycles. The van der Waals surface area contributed by atoms with Gasteiger partial charge >= 0.3 is 0 Å². The molecule has 1 aromatic rings. The standard InChI is InChI=1S/C9H11F2NO3S/c10-4-1-5-15-8-3-2-7(11)6-9(8)16(12,13)14/h2-3,6H,1,4-5H2,(H2,12,13,14). The zero-order valence-electron chi connectivity index (χ0n) is 8.32. The molecular weight excluding hydrogens is 240 g/mol. The predicted molar refractivity (Wildman–Crippen MR) is 53.9 cm³/mol. The minimum absolute atomic E-state index is 0.00462. The molecule has 0 saturated carbocycles. The number of alkyl halides is 1. The summed E-state index contributed by atoms with van der Waals surface area (Å²) >= 11 is 0. The molecule has 0 atom stereocenters. The Morgan fingerprint density at radius 2 is 2.06 bits per heavy atom. The fourth-order valence-corrected chi connectivity index (χ4v) is 1.74. The molecule has 0 aliphatic carbocycles. The Kier molecular flexibility index (Phi) is 4.19. The lowest BCUT2D eigenvalue weighted by Gasteiger charge is -2.09. The van der Waals surface area contributed by atoms with Gasteiger partial charge in [-0.2, -0.15) is 0 Å². The van der Waals surface area contributed by atoms with Crippen molar-refractivity contribution < 1.29 is 21.9 Å². The number of benzene rings is 1. The number of hydrogen-bond donors (Lipinski definition) is 1.